The van der Waals surface area contributed by atoms with E-state index < -0.39 is 5.91 Å². The molecule has 0 aliphatic heterocycles. The van der Waals surface area contributed by atoms with Gasteiger partial charge in [0.1, 0.15) is 5.82 Å². The van der Waals surface area contributed by atoms with Gasteiger partial charge in [0.15, 0.2) is 0 Å². The number of carbonyl (C=O) groups excluding carboxylic acids is 2. The van der Waals surface area contributed by atoms with Crippen LogP contribution < -0.4 is 10.6 Å². The Labute approximate surface area is 161 Å². The number of nitrogens with two attached hydrogens (primary N) is 1. The third kappa shape index (κ3) is 6.09. The van der Waals surface area contributed by atoms with E-state index in [0.29, 0.717) is 23.1 Å². The minimum atomic E-state index is -0.495. The molecule has 0 unspecified atom stereocenters. The van der Waals surface area contributed by atoms with Crippen molar-refractivity contribution in [3.8, 4) is 0 Å². The maximum absolute atomic E-state index is 13.2. The molecule has 5 nitrogen and oxygen atoms in total. The minimum Gasteiger partial charge on any atom is -0.370 e. The molecule has 2 amide bonds. The molecule has 140 valence electrons. The maximum atomic E-state index is 13.2. The van der Waals surface area contributed by atoms with Crippen molar-refractivity contribution in [1.29, 1.82) is 0 Å². The van der Waals surface area contributed by atoms with Gasteiger partial charge in [-0.25, -0.2) is 4.39 Å². The average molecular weight is 398 g/mol. The summed E-state index contributed by atoms with van der Waals surface area (Å²) in [4.78, 5) is 28.5. The topological polar surface area (TPSA) is 66.6 Å². The number of halogens is 2. The molecule has 0 aliphatic carbocycles. The van der Waals surface area contributed by atoms with Crippen molar-refractivity contribution < 1.29 is 14.0 Å². The zero-order valence-corrected chi connectivity index (χ0v) is 16.0. The number of nitrogens with zero attached hydrogens (tertiary/aromatic N) is 2. The molecule has 8 heteroatoms. The summed E-state index contributed by atoms with van der Waals surface area (Å²) in [6, 6.07) is 9.36. The van der Waals surface area contributed by atoms with E-state index in [0.717, 1.165) is 4.88 Å². The van der Waals surface area contributed by atoms with E-state index in [-0.39, 0.29) is 31.2 Å². The van der Waals surface area contributed by atoms with Gasteiger partial charge in [-0.2, -0.15) is 0 Å². The van der Waals surface area contributed by atoms with Crippen molar-refractivity contribution in [3.05, 3.63) is 51.4 Å². The SMILES string of the molecule is CCN(CC(=O)N(CCC(N)=O)c1ccc(F)cc1)Cc1ccc(Cl)s1. The number of primary amides is 1. The molecule has 0 saturated carbocycles. The van der Waals surface area contributed by atoms with Crippen LogP contribution in [0.1, 0.15) is 18.2 Å². The van der Waals surface area contributed by atoms with Crippen LogP contribution in [-0.2, 0) is 16.1 Å². The van der Waals surface area contributed by atoms with Crippen LogP contribution in [0.5, 0.6) is 0 Å². The highest BCUT2D eigenvalue weighted by Crippen LogP contribution is 2.23. The van der Waals surface area contributed by atoms with Gasteiger partial charge in [-0.1, -0.05) is 18.5 Å². The van der Waals surface area contributed by atoms with Crippen LogP contribution in [-0.4, -0.2) is 36.3 Å². The second-order valence-corrected chi connectivity index (χ2v) is 7.55. The highest BCUT2D eigenvalue weighted by molar-refractivity contribution is 7.16. The average Bonchev–Trinajstić information content (AvgIpc) is 3.00. The van der Waals surface area contributed by atoms with Crippen LogP contribution in [0.25, 0.3) is 0 Å². The molecule has 0 saturated heterocycles. The molecule has 1 aromatic heterocycles. The minimum absolute atomic E-state index is 0.0375. The zero-order valence-electron chi connectivity index (χ0n) is 14.5. The van der Waals surface area contributed by atoms with Gasteiger partial charge in [0.2, 0.25) is 11.8 Å². The van der Waals surface area contributed by atoms with Crippen LogP contribution in [0.4, 0.5) is 10.1 Å². The summed E-state index contributed by atoms with van der Waals surface area (Å²) in [5, 5.41) is 0. The van der Waals surface area contributed by atoms with Crippen molar-refractivity contribution in [2.45, 2.75) is 19.9 Å². The Balaban J connectivity index is 2.10. The highest BCUT2D eigenvalue weighted by atomic mass is 35.5. The Morgan fingerprint density at radius 3 is 2.42 bits per heavy atom. The summed E-state index contributed by atoms with van der Waals surface area (Å²) < 4.78 is 13.9. The molecule has 0 spiro atoms. The molecular formula is C18H21ClFN3O2S. The fourth-order valence-electron chi connectivity index (χ4n) is 2.45. The van der Waals surface area contributed by atoms with Crippen molar-refractivity contribution in [3.63, 3.8) is 0 Å². The summed E-state index contributed by atoms with van der Waals surface area (Å²) in [7, 11) is 0. The first-order valence-electron chi connectivity index (χ1n) is 8.20. The molecule has 1 aromatic carbocycles. The molecule has 0 atom stereocenters. The van der Waals surface area contributed by atoms with Crippen LogP contribution in [0.15, 0.2) is 36.4 Å². The van der Waals surface area contributed by atoms with Crippen LogP contribution in [0.3, 0.4) is 0 Å². The lowest BCUT2D eigenvalue weighted by molar-refractivity contribution is -0.120. The molecule has 0 aliphatic rings. The number of benzene rings is 1. The number of anilines is 1. The van der Waals surface area contributed by atoms with Crippen LogP contribution in [0, 0.1) is 5.82 Å². The van der Waals surface area contributed by atoms with Crippen molar-refractivity contribution in [1.82, 2.24) is 4.90 Å². The Kier molecular flexibility index (Phi) is 7.56. The Hall–Kier alpha value is -1.96. The lowest BCUT2D eigenvalue weighted by Crippen LogP contribution is -2.41. The second-order valence-electron chi connectivity index (χ2n) is 5.75. The summed E-state index contributed by atoms with van der Waals surface area (Å²) in [6.07, 6.45) is 0.0375. The first-order valence-corrected chi connectivity index (χ1v) is 9.39. The fourth-order valence-corrected chi connectivity index (χ4v) is 3.58. The summed E-state index contributed by atoms with van der Waals surface area (Å²) in [5.41, 5.74) is 5.75. The first-order chi connectivity index (χ1) is 12.4. The summed E-state index contributed by atoms with van der Waals surface area (Å²) >= 11 is 7.43. The predicted molar refractivity (Wildman–Crippen MR) is 103 cm³/mol. The summed E-state index contributed by atoms with van der Waals surface area (Å²) in [5.74, 6) is -1.06. The number of amides is 2. The zero-order chi connectivity index (χ0) is 19.1. The monoisotopic (exact) mass is 397 g/mol. The Morgan fingerprint density at radius 2 is 1.88 bits per heavy atom. The summed E-state index contributed by atoms with van der Waals surface area (Å²) in [6.45, 7) is 3.57. The van der Waals surface area contributed by atoms with E-state index in [9.17, 15) is 14.0 Å². The smallest absolute Gasteiger partial charge is 0.241 e. The molecule has 0 fully saturated rings. The number of rotatable bonds is 9. The van der Waals surface area contributed by atoms with Gasteiger partial charge in [-0.05, 0) is 42.9 Å². The number of carbonyl (C=O) groups is 2. The number of hydrogen-bond acceptors (Lipinski definition) is 4. The molecule has 2 rings (SSSR count). The largest absolute Gasteiger partial charge is 0.370 e. The highest BCUT2D eigenvalue weighted by Gasteiger charge is 2.19. The standard InChI is InChI=1S/C18H21ClFN3O2S/c1-2-22(11-15-7-8-16(19)26-15)12-18(25)23(10-9-17(21)24)14-5-3-13(20)4-6-14/h3-8H,2,9-12H2,1H3,(H2,21,24). The molecule has 26 heavy (non-hydrogen) atoms. The van der Waals surface area contributed by atoms with Gasteiger partial charge in [-0.3, -0.25) is 14.5 Å². The number of likely N-dealkylation sites (N-methyl/N-ethyl adjacent to an activating group) is 1. The van der Waals surface area contributed by atoms with Gasteiger partial charge in [0.25, 0.3) is 0 Å². The quantitative estimate of drug-likeness (QED) is 0.706. The van der Waals surface area contributed by atoms with Crippen LogP contribution in [0.2, 0.25) is 4.34 Å². The third-order valence-corrected chi connectivity index (χ3v) is 5.05. The molecule has 0 bridgehead atoms. The van der Waals surface area contributed by atoms with E-state index in [4.69, 9.17) is 17.3 Å². The third-order valence-electron chi connectivity index (χ3n) is 3.84. The Morgan fingerprint density at radius 1 is 1.19 bits per heavy atom. The lowest BCUT2D eigenvalue weighted by atomic mass is 10.2. The van der Waals surface area contributed by atoms with E-state index in [1.165, 1.54) is 40.5 Å². The van der Waals surface area contributed by atoms with E-state index in [1.54, 1.807) is 0 Å². The maximum Gasteiger partial charge on any atom is 0.241 e. The molecule has 2 N–H and O–H groups in total. The van der Waals surface area contributed by atoms with Gasteiger partial charge in [-0.15, -0.1) is 11.3 Å². The van der Waals surface area contributed by atoms with Gasteiger partial charge in [0.05, 0.1) is 10.9 Å². The first kappa shape index (κ1) is 20.4. The Bertz CT molecular complexity index is 751. The molecule has 0 radical (unpaired) electrons. The van der Waals surface area contributed by atoms with E-state index in [1.807, 2.05) is 24.0 Å². The van der Waals surface area contributed by atoms with Gasteiger partial charge >= 0.3 is 0 Å². The van der Waals surface area contributed by atoms with Gasteiger partial charge < -0.3 is 10.6 Å². The van der Waals surface area contributed by atoms with Gasteiger partial charge in [0, 0.05) is 30.1 Å². The normalized spacial score (nSPS) is 10.9. The number of hydrogen-bond donors (Lipinski definition) is 1. The van der Waals surface area contributed by atoms with E-state index in [2.05, 4.69) is 0 Å². The second kappa shape index (κ2) is 9.66. The van der Waals surface area contributed by atoms with E-state index >= 15 is 0 Å². The fraction of sp³-hybridized carbons (Fsp3) is 0.333. The van der Waals surface area contributed by atoms with Crippen molar-refractivity contribution in [2.24, 2.45) is 5.73 Å². The van der Waals surface area contributed by atoms with Crippen LogP contribution >= 0.6 is 22.9 Å². The molecule has 2 aromatic rings. The van der Waals surface area contributed by atoms with Crippen molar-refractivity contribution in [2.75, 3.05) is 24.5 Å². The number of thiophene rings is 1. The molecule has 1 heterocycles. The van der Waals surface area contributed by atoms with Crippen molar-refractivity contribution >= 4 is 40.4 Å². The molecular weight excluding hydrogens is 377 g/mol. The predicted octanol–water partition coefficient (Wildman–Crippen LogP) is 3.27. The lowest BCUT2D eigenvalue weighted by Gasteiger charge is -2.26.